The molecule has 1 aliphatic carbocycles. The van der Waals surface area contributed by atoms with Gasteiger partial charge in [-0.05, 0) is 25.2 Å². The summed E-state index contributed by atoms with van der Waals surface area (Å²) in [6.07, 6.45) is 15.3. The first-order chi connectivity index (χ1) is 9.89. The Labute approximate surface area is 127 Å². The summed E-state index contributed by atoms with van der Waals surface area (Å²) in [5.74, 6) is -0.374. The first-order valence-corrected chi connectivity index (χ1v) is 6.86. The molecule has 1 rings (SSSR count). The smallest absolute Gasteiger partial charge is 0.339 e. The number of ether oxygens (including phenoxy) is 1. The molecule has 3 nitrogen and oxygen atoms in total. The minimum absolute atomic E-state index is 0.120. The maximum Gasteiger partial charge on any atom is 0.339 e. The maximum atomic E-state index is 11.9. The molecule has 0 atom stereocenters. The van der Waals surface area contributed by atoms with E-state index in [2.05, 4.69) is 25.7 Å². The Morgan fingerprint density at radius 3 is 2.57 bits per heavy atom. The molecule has 0 amide bonds. The summed E-state index contributed by atoms with van der Waals surface area (Å²) < 4.78 is 4.84. The largest absolute Gasteiger partial charge is 0.465 e. The Kier molecular flexibility index (Phi) is 5.97. The van der Waals surface area contributed by atoms with E-state index in [1.54, 1.807) is 6.08 Å². The predicted octanol–water partition coefficient (Wildman–Crippen LogP) is 3.80. The molecule has 1 aliphatic rings. The van der Waals surface area contributed by atoms with Gasteiger partial charge in [0, 0.05) is 11.1 Å². The van der Waals surface area contributed by atoms with Crippen molar-refractivity contribution < 1.29 is 9.53 Å². The zero-order chi connectivity index (χ0) is 15.9. The second-order valence-corrected chi connectivity index (χ2v) is 5.34. The van der Waals surface area contributed by atoms with Crippen LogP contribution < -0.4 is 5.32 Å². The fourth-order valence-corrected chi connectivity index (χ4v) is 1.73. The van der Waals surface area contributed by atoms with E-state index in [0.29, 0.717) is 17.0 Å². The van der Waals surface area contributed by atoms with Crippen LogP contribution in [0.1, 0.15) is 20.8 Å². The molecule has 0 radical (unpaired) electrons. The third-order valence-corrected chi connectivity index (χ3v) is 2.95. The molecule has 0 unspecified atom stereocenters. The lowest BCUT2D eigenvalue weighted by atomic mass is 9.93. The minimum atomic E-state index is -0.374. The van der Waals surface area contributed by atoms with Gasteiger partial charge >= 0.3 is 5.97 Å². The molecule has 0 fully saturated rings. The van der Waals surface area contributed by atoms with Crippen LogP contribution in [0.25, 0.3) is 0 Å². The number of esters is 1. The topological polar surface area (TPSA) is 38.3 Å². The molecule has 0 aromatic heterocycles. The quantitative estimate of drug-likeness (QED) is 0.617. The van der Waals surface area contributed by atoms with Gasteiger partial charge in [0.2, 0.25) is 0 Å². The molecule has 21 heavy (non-hydrogen) atoms. The Morgan fingerprint density at radius 2 is 1.95 bits per heavy atom. The van der Waals surface area contributed by atoms with Crippen LogP contribution in [-0.4, -0.2) is 13.1 Å². The molecule has 0 saturated heterocycles. The minimum Gasteiger partial charge on any atom is -0.465 e. The first-order valence-electron chi connectivity index (χ1n) is 6.86. The van der Waals surface area contributed by atoms with E-state index in [1.165, 1.54) is 7.11 Å². The highest BCUT2D eigenvalue weighted by molar-refractivity contribution is 5.93. The van der Waals surface area contributed by atoms with Crippen molar-refractivity contribution in [2.24, 2.45) is 5.41 Å². The maximum absolute atomic E-state index is 11.9. The van der Waals surface area contributed by atoms with Gasteiger partial charge in [-0.15, -0.1) is 0 Å². The summed E-state index contributed by atoms with van der Waals surface area (Å²) in [5, 5.41) is 3.15. The molecular weight excluding hydrogens is 262 g/mol. The molecule has 0 spiro atoms. The highest BCUT2D eigenvalue weighted by atomic mass is 16.5. The van der Waals surface area contributed by atoms with Crippen molar-refractivity contribution in [1.29, 1.82) is 0 Å². The molecular formula is C18H23NO2. The first kappa shape index (κ1) is 16.8. The third-order valence-electron chi connectivity index (χ3n) is 2.95. The van der Waals surface area contributed by atoms with Crippen LogP contribution in [0.4, 0.5) is 0 Å². The Balaban J connectivity index is 3.07. The van der Waals surface area contributed by atoms with E-state index in [9.17, 15) is 4.79 Å². The van der Waals surface area contributed by atoms with E-state index in [4.69, 9.17) is 4.74 Å². The standard InChI is InChI=1S/C18H23NO2/c1-6-7-8-9-14(2)19-16-11-13-18(3,4)12-10-15(16)17(20)21-5/h6-13,19H,2H2,1,3-5H3/b7-6-,9-8-. The van der Waals surface area contributed by atoms with E-state index in [1.807, 2.05) is 49.5 Å². The summed E-state index contributed by atoms with van der Waals surface area (Å²) in [6, 6.07) is 0. The van der Waals surface area contributed by atoms with Crippen LogP contribution in [0, 0.1) is 5.41 Å². The number of methoxy groups -OCH3 is 1. The molecule has 112 valence electrons. The number of allylic oxidation sites excluding steroid dienone is 7. The van der Waals surface area contributed by atoms with Crippen molar-refractivity contribution in [2.75, 3.05) is 7.11 Å². The zero-order valence-electron chi connectivity index (χ0n) is 13.1. The van der Waals surface area contributed by atoms with Crippen molar-refractivity contribution in [1.82, 2.24) is 5.32 Å². The number of carbonyl (C=O) groups excluding carboxylic acids is 1. The Bertz CT molecular complexity index is 558. The molecule has 0 aliphatic heterocycles. The fourth-order valence-electron chi connectivity index (χ4n) is 1.73. The molecule has 3 heteroatoms. The van der Waals surface area contributed by atoms with E-state index in [0.717, 1.165) is 0 Å². The van der Waals surface area contributed by atoms with Gasteiger partial charge in [0.25, 0.3) is 0 Å². The van der Waals surface area contributed by atoms with Gasteiger partial charge in [0.1, 0.15) is 0 Å². The SMILES string of the molecule is C=C(/C=C\C=C/C)NC1=C(C(=O)OC)C=CC(C)(C)C=C1. The lowest BCUT2D eigenvalue weighted by Gasteiger charge is -2.12. The van der Waals surface area contributed by atoms with Crippen LogP contribution >= 0.6 is 0 Å². The van der Waals surface area contributed by atoms with Crippen molar-refractivity contribution in [2.45, 2.75) is 20.8 Å². The fraction of sp³-hybridized carbons (Fsp3) is 0.278. The molecule has 1 N–H and O–H groups in total. The second-order valence-electron chi connectivity index (χ2n) is 5.34. The van der Waals surface area contributed by atoms with Gasteiger partial charge in [-0.2, -0.15) is 0 Å². The van der Waals surface area contributed by atoms with Crippen LogP contribution in [0.3, 0.4) is 0 Å². The number of carbonyl (C=O) groups is 1. The monoisotopic (exact) mass is 285 g/mol. The van der Waals surface area contributed by atoms with Gasteiger partial charge in [0.15, 0.2) is 0 Å². The number of hydrogen-bond donors (Lipinski definition) is 1. The number of nitrogens with one attached hydrogen (secondary N) is 1. The van der Waals surface area contributed by atoms with Gasteiger partial charge in [-0.3, -0.25) is 0 Å². The summed E-state index contributed by atoms with van der Waals surface area (Å²) >= 11 is 0. The van der Waals surface area contributed by atoms with Gasteiger partial charge in [-0.25, -0.2) is 4.79 Å². The molecule has 0 aromatic rings. The van der Waals surface area contributed by atoms with Gasteiger partial charge in [-0.1, -0.05) is 50.8 Å². The lowest BCUT2D eigenvalue weighted by molar-refractivity contribution is -0.135. The summed E-state index contributed by atoms with van der Waals surface area (Å²) in [5.41, 5.74) is 1.74. The second kappa shape index (κ2) is 7.48. The Morgan fingerprint density at radius 1 is 1.29 bits per heavy atom. The third kappa shape index (κ3) is 5.30. The predicted molar refractivity (Wildman–Crippen MR) is 87.3 cm³/mol. The van der Waals surface area contributed by atoms with E-state index < -0.39 is 0 Å². The van der Waals surface area contributed by atoms with Crippen LogP contribution in [0.2, 0.25) is 0 Å². The highest BCUT2D eigenvalue weighted by Crippen LogP contribution is 2.25. The summed E-state index contributed by atoms with van der Waals surface area (Å²) in [4.78, 5) is 11.9. The van der Waals surface area contributed by atoms with Crippen LogP contribution in [0.15, 0.2) is 72.2 Å². The van der Waals surface area contributed by atoms with Crippen molar-refractivity contribution in [3.63, 3.8) is 0 Å². The average molecular weight is 285 g/mol. The molecule has 0 bridgehead atoms. The highest BCUT2D eigenvalue weighted by Gasteiger charge is 2.18. The van der Waals surface area contributed by atoms with Gasteiger partial charge < -0.3 is 10.1 Å². The van der Waals surface area contributed by atoms with E-state index in [-0.39, 0.29) is 11.4 Å². The zero-order valence-corrected chi connectivity index (χ0v) is 13.1. The molecule has 0 heterocycles. The number of hydrogen-bond acceptors (Lipinski definition) is 3. The van der Waals surface area contributed by atoms with Crippen molar-refractivity contribution in [3.05, 3.63) is 72.2 Å². The lowest BCUT2D eigenvalue weighted by Crippen LogP contribution is -2.15. The normalized spacial score (nSPS) is 17.3. The number of rotatable bonds is 5. The van der Waals surface area contributed by atoms with Crippen LogP contribution in [-0.2, 0) is 9.53 Å². The van der Waals surface area contributed by atoms with Crippen LogP contribution in [0.5, 0.6) is 0 Å². The van der Waals surface area contributed by atoms with E-state index >= 15 is 0 Å². The molecule has 0 aromatic carbocycles. The average Bonchev–Trinajstić information content (AvgIpc) is 2.58. The summed E-state index contributed by atoms with van der Waals surface area (Å²) in [6.45, 7) is 10.0. The Hall–Kier alpha value is -2.29. The van der Waals surface area contributed by atoms with Crippen molar-refractivity contribution >= 4 is 5.97 Å². The molecule has 0 saturated carbocycles. The van der Waals surface area contributed by atoms with Crippen molar-refractivity contribution in [3.8, 4) is 0 Å². The van der Waals surface area contributed by atoms with Gasteiger partial charge in [0.05, 0.1) is 18.4 Å². The summed E-state index contributed by atoms with van der Waals surface area (Å²) in [7, 11) is 1.38.